The second-order valence-electron chi connectivity index (χ2n) is 5.39. The van der Waals surface area contributed by atoms with E-state index in [1.807, 2.05) is 24.3 Å². The summed E-state index contributed by atoms with van der Waals surface area (Å²) < 4.78 is 0. The van der Waals surface area contributed by atoms with Crippen molar-refractivity contribution < 1.29 is 4.79 Å². The molecule has 2 aromatic carbocycles. The lowest BCUT2D eigenvalue weighted by molar-refractivity contribution is 0.104. The molecule has 0 atom stereocenters. The number of pyridine rings is 1. The highest BCUT2D eigenvalue weighted by molar-refractivity contribution is 6.30. The van der Waals surface area contributed by atoms with Crippen molar-refractivity contribution in [3.8, 4) is 0 Å². The lowest BCUT2D eigenvalue weighted by atomic mass is 10.1. The van der Waals surface area contributed by atoms with Gasteiger partial charge in [0.1, 0.15) is 5.82 Å². The van der Waals surface area contributed by atoms with Crippen molar-refractivity contribution >= 4 is 40.7 Å². The van der Waals surface area contributed by atoms with Crippen LogP contribution in [-0.2, 0) is 0 Å². The van der Waals surface area contributed by atoms with Gasteiger partial charge in [-0.2, -0.15) is 0 Å². The van der Waals surface area contributed by atoms with Crippen LogP contribution in [0.4, 0.5) is 17.2 Å². The molecule has 0 aliphatic heterocycles. The fourth-order valence-electron chi connectivity index (χ4n) is 2.24. The van der Waals surface area contributed by atoms with Crippen LogP contribution < -0.4 is 11.1 Å². The number of ketones is 1. The first kappa shape index (κ1) is 16.7. The molecule has 0 saturated heterocycles. The number of nitrogens with two attached hydrogens (primary N) is 1. The molecule has 3 aromatic rings. The molecule has 1 heterocycles. The van der Waals surface area contributed by atoms with Crippen molar-refractivity contribution in [2.45, 2.75) is 0 Å². The Balaban J connectivity index is 1.79. The van der Waals surface area contributed by atoms with Crippen LogP contribution in [0.1, 0.15) is 15.9 Å². The Kier molecular flexibility index (Phi) is 5.11. The highest BCUT2D eigenvalue weighted by Gasteiger charge is 2.04. The molecule has 124 valence electrons. The van der Waals surface area contributed by atoms with Crippen molar-refractivity contribution in [3.63, 3.8) is 0 Å². The largest absolute Gasteiger partial charge is 0.399 e. The third-order valence-electron chi connectivity index (χ3n) is 3.56. The zero-order valence-corrected chi connectivity index (χ0v) is 14.1. The second-order valence-corrected chi connectivity index (χ2v) is 5.83. The van der Waals surface area contributed by atoms with Crippen LogP contribution in [0, 0.1) is 0 Å². The van der Waals surface area contributed by atoms with E-state index in [2.05, 4.69) is 10.3 Å². The summed E-state index contributed by atoms with van der Waals surface area (Å²) in [5.74, 6) is 0.562. The molecule has 1 aromatic heterocycles. The van der Waals surface area contributed by atoms with Gasteiger partial charge in [0, 0.05) is 33.7 Å². The first-order valence-corrected chi connectivity index (χ1v) is 8.05. The van der Waals surface area contributed by atoms with Crippen LogP contribution in [0.2, 0.25) is 5.02 Å². The number of allylic oxidation sites excluding steroid dienone is 1. The minimum absolute atomic E-state index is 0.0960. The van der Waals surface area contributed by atoms with Gasteiger partial charge in [-0.1, -0.05) is 11.6 Å². The topological polar surface area (TPSA) is 68.0 Å². The van der Waals surface area contributed by atoms with Gasteiger partial charge in [-0.25, -0.2) is 4.98 Å². The quantitative estimate of drug-likeness (QED) is 0.388. The molecule has 0 amide bonds. The molecule has 25 heavy (non-hydrogen) atoms. The zero-order valence-electron chi connectivity index (χ0n) is 13.3. The van der Waals surface area contributed by atoms with Gasteiger partial charge in [-0.15, -0.1) is 0 Å². The lowest BCUT2D eigenvalue weighted by Crippen LogP contribution is -1.97. The standard InChI is InChI=1S/C20H16ClN3O/c21-16-6-10-18(11-7-16)24-20-15(2-1-13-23-20)5-12-19(25)14-3-8-17(22)9-4-14/h1-13H,22H2,(H,23,24). The van der Waals surface area contributed by atoms with Crippen LogP contribution >= 0.6 is 11.6 Å². The summed E-state index contributed by atoms with van der Waals surface area (Å²) in [6.45, 7) is 0. The van der Waals surface area contributed by atoms with Crippen LogP contribution in [0.5, 0.6) is 0 Å². The van der Waals surface area contributed by atoms with E-state index in [4.69, 9.17) is 17.3 Å². The summed E-state index contributed by atoms with van der Waals surface area (Å²) in [5.41, 5.74) is 8.52. The summed E-state index contributed by atoms with van der Waals surface area (Å²) in [7, 11) is 0. The van der Waals surface area contributed by atoms with Gasteiger partial charge in [0.15, 0.2) is 5.78 Å². The van der Waals surface area contributed by atoms with Gasteiger partial charge < -0.3 is 11.1 Å². The first-order chi connectivity index (χ1) is 12.1. The third kappa shape index (κ3) is 4.46. The summed E-state index contributed by atoms with van der Waals surface area (Å²) in [5, 5.41) is 3.89. The zero-order chi connectivity index (χ0) is 17.6. The highest BCUT2D eigenvalue weighted by atomic mass is 35.5. The van der Waals surface area contributed by atoms with E-state index in [9.17, 15) is 4.79 Å². The number of hydrogen-bond acceptors (Lipinski definition) is 4. The van der Waals surface area contributed by atoms with Crippen molar-refractivity contribution in [1.29, 1.82) is 0 Å². The van der Waals surface area contributed by atoms with E-state index < -0.39 is 0 Å². The van der Waals surface area contributed by atoms with E-state index in [1.54, 1.807) is 48.7 Å². The van der Waals surface area contributed by atoms with Crippen LogP contribution in [0.3, 0.4) is 0 Å². The Bertz CT molecular complexity index is 903. The fraction of sp³-hybridized carbons (Fsp3) is 0. The van der Waals surface area contributed by atoms with Crippen molar-refractivity contribution in [2.75, 3.05) is 11.1 Å². The Morgan fingerprint density at radius 1 is 1.04 bits per heavy atom. The SMILES string of the molecule is Nc1ccc(C(=O)C=Cc2cccnc2Nc2ccc(Cl)cc2)cc1. The van der Waals surface area contributed by atoms with Gasteiger partial charge in [0.25, 0.3) is 0 Å². The molecule has 5 heteroatoms. The normalized spacial score (nSPS) is 10.8. The van der Waals surface area contributed by atoms with Gasteiger partial charge in [-0.05, 0) is 72.8 Å². The molecule has 4 nitrogen and oxygen atoms in total. The first-order valence-electron chi connectivity index (χ1n) is 7.67. The maximum Gasteiger partial charge on any atom is 0.185 e. The number of nitrogens with one attached hydrogen (secondary N) is 1. The Morgan fingerprint density at radius 2 is 1.76 bits per heavy atom. The predicted octanol–water partition coefficient (Wildman–Crippen LogP) is 4.96. The van der Waals surface area contributed by atoms with Crippen molar-refractivity contribution in [3.05, 3.63) is 89.1 Å². The van der Waals surface area contributed by atoms with Gasteiger partial charge in [-0.3, -0.25) is 4.79 Å². The van der Waals surface area contributed by atoms with Crippen LogP contribution in [0.15, 0.2) is 72.9 Å². The smallest absolute Gasteiger partial charge is 0.185 e. The summed E-state index contributed by atoms with van der Waals surface area (Å²) in [4.78, 5) is 16.6. The average Bonchev–Trinajstić information content (AvgIpc) is 2.63. The average molecular weight is 350 g/mol. The number of benzene rings is 2. The summed E-state index contributed by atoms with van der Waals surface area (Å²) in [6, 6.07) is 17.9. The lowest BCUT2D eigenvalue weighted by Gasteiger charge is -2.08. The molecule has 3 N–H and O–H groups in total. The Morgan fingerprint density at radius 3 is 2.48 bits per heavy atom. The van der Waals surface area contributed by atoms with Crippen LogP contribution in [0.25, 0.3) is 6.08 Å². The molecule has 0 unspecified atom stereocenters. The molecule has 3 rings (SSSR count). The van der Waals surface area contributed by atoms with Crippen molar-refractivity contribution in [1.82, 2.24) is 4.98 Å². The molecular weight excluding hydrogens is 334 g/mol. The van der Waals surface area contributed by atoms with Crippen LogP contribution in [-0.4, -0.2) is 10.8 Å². The van der Waals surface area contributed by atoms with E-state index in [-0.39, 0.29) is 5.78 Å². The number of hydrogen-bond donors (Lipinski definition) is 2. The minimum atomic E-state index is -0.0960. The number of nitrogen functional groups attached to an aromatic ring is 1. The Hall–Kier alpha value is -3.11. The van der Waals surface area contributed by atoms with Crippen molar-refractivity contribution in [2.24, 2.45) is 0 Å². The number of aromatic nitrogens is 1. The molecule has 0 spiro atoms. The molecule has 0 bridgehead atoms. The molecule has 0 radical (unpaired) electrons. The Labute approximate surface area is 151 Å². The van der Waals surface area contributed by atoms with Gasteiger partial charge in [0.05, 0.1) is 0 Å². The molecular formula is C20H16ClN3O. The number of anilines is 3. The van der Waals surface area contributed by atoms with E-state index in [1.165, 1.54) is 6.08 Å². The van der Waals surface area contributed by atoms with Gasteiger partial charge >= 0.3 is 0 Å². The number of carbonyl (C=O) groups excluding carboxylic acids is 1. The highest BCUT2D eigenvalue weighted by Crippen LogP contribution is 2.21. The molecule has 0 aliphatic carbocycles. The molecule has 0 aliphatic rings. The maximum atomic E-state index is 12.3. The third-order valence-corrected chi connectivity index (χ3v) is 3.81. The van der Waals surface area contributed by atoms with E-state index in [0.29, 0.717) is 22.1 Å². The second kappa shape index (κ2) is 7.64. The number of halogens is 1. The van der Waals surface area contributed by atoms with E-state index in [0.717, 1.165) is 11.3 Å². The monoisotopic (exact) mass is 349 g/mol. The number of nitrogens with zero attached hydrogens (tertiary/aromatic N) is 1. The van der Waals surface area contributed by atoms with Gasteiger partial charge in [0.2, 0.25) is 0 Å². The summed E-state index contributed by atoms with van der Waals surface area (Å²) >= 11 is 5.90. The minimum Gasteiger partial charge on any atom is -0.399 e. The maximum absolute atomic E-state index is 12.3. The number of rotatable bonds is 5. The molecule has 0 saturated carbocycles. The fourth-order valence-corrected chi connectivity index (χ4v) is 2.36. The summed E-state index contributed by atoms with van der Waals surface area (Å²) in [6.07, 6.45) is 4.96. The molecule has 0 fully saturated rings. The number of carbonyl (C=O) groups is 1. The predicted molar refractivity (Wildman–Crippen MR) is 103 cm³/mol. The van der Waals surface area contributed by atoms with E-state index >= 15 is 0 Å².